The van der Waals surface area contributed by atoms with E-state index >= 15 is 0 Å². The van der Waals surface area contributed by atoms with E-state index in [1.54, 1.807) is 18.2 Å². The van der Waals surface area contributed by atoms with Gasteiger partial charge in [0.2, 0.25) is 0 Å². The van der Waals surface area contributed by atoms with E-state index in [0.29, 0.717) is 23.6 Å². The molecule has 1 aromatic carbocycles. The molecule has 0 aromatic heterocycles. The van der Waals surface area contributed by atoms with Gasteiger partial charge in [0.1, 0.15) is 0 Å². The van der Waals surface area contributed by atoms with Crippen molar-refractivity contribution in [2.24, 2.45) is 5.73 Å². The third-order valence-electron chi connectivity index (χ3n) is 2.83. The molecule has 5 heteroatoms. The van der Waals surface area contributed by atoms with Crippen LogP contribution in [0.4, 0.5) is 0 Å². The monoisotopic (exact) mass is 266 g/mol. The summed E-state index contributed by atoms with van der Waals surface area (Å²) in [4.78, 5) is 12.1. The van der Waals surface area contributed by atoms with Crippen LogP contribution in [0.1, 0.15) is 30.1 Å². The second-order valence-electron chi connectivity index (χ2n) is 4.30. The Hall–Kier alpha value is -1.75. The van der Waals surface area contributed by atoms with Gasteiger partial charge in [-0.2, -0.15) is 0 Å². The number of nitrogens with two attached hydrogens (primary N) is 1. The number of para-hydroxylation sites is 1. The zero-order valence-electron chi connectivity index (χ0n) is 11.7. The quantitative estimate of drug-likeness (QED) is 0.785. The second-order valence-corrected chi connectivity index (χ2v) is 4.30. The van der Waals surface area contributed by atoms with Gasteiger partial charge in [0.25, 0.3) is 5.91 Å². The molecule has 0 aliphatic rings. The highest BCUT2D eigenvalue weighted by molar-refractivity contribution is 5.97. The molecule has 0 saturated heterocycles. The highest BCUT2D eigenvalue weighted by Crippen LogP contribution is 2.30. The van der Waals surface area contributed by atoms with Crippen molar-refractivity contribution in [1.82, 2.24) is 5.32 Å². The van der Waals surface area contributed by atoms with E-state index in [1.807, 2.05) is 0 Å². The van der Waals surface area contributed by atoms with Crippen LogP contribution in [0.2, 0.25) is 0 Å². The lowest BCUT2D eigenvalue weighted by atomic mass is 10.1. The molecule has 0 aliphatic heterocycles. The van der Waals surface area contributed by atoms with Gasteiger partial charge in [-0.3, -0.25) is 4.79 Å². The Balaban J connectivity index is 2.76. The van der Waals surface area contributed by atoms with Gasteiger partial charge in [0.15, 0.2) is 11.5 Å². The molecule has 19 heavy (non-hydrogen) atoms. The maximum absolute atomic E-state index is 12.1. The average Bonchev–Trinajstić information content (AvgIpc) is 2.44. The Morgan fingerprint density at radius 1 is 1.37 bits per heavy atom. The second kappa shape index (κ2) is 7.63. The summed E-state index contributed by atoms with van der Waals surface area (Å²) in [6, 6.07) is 5.17. The molecule has 1 amide bonds. The first-order valence-corrected chi connectivity index (χ1v) is 6.38. The van der Waals surface area contributed by atoms with E-state index in [1.165, 1.54) is 14.2 Å². The van der Waals surface area contributed by atoms with Crippen LogP contribution in [0.5, 0.6) is 11.5 Å². The smallest absolute Gasteiger partial charge is 0.255 e. The number of nitrogens with one attached hydrogen (secondary N) is 1. The molecular weight excluding hydrogens is 244 g/mol. The van der Waals surface area contributed by atoms with Crippen molar-refractivity contribution in [3.05, 3.63) is 23.8 Å². The minimum atomic E-state index is -0.206. The average molecular weight is 266 g/mol. The van der Waals surface area contributed by atoms with Gasteiger partial charge in [-0.1, -0.05) is 19.4 Å². The molecule has 0 heterocycles. The van der Waals surface area contributed by atoms with Gasteiger partial charge < -0.3 is 20.5 Å². The number of benzene rings is 1. The SMILES string of the molecule is CCCC(N)CNC(=O)c1cccc(OC)c1OC. The fourth-order valence-electron chi connectivity index (χ4n) is 1.86. The molecule has 1 atom stereocenters. The molecule has 0 spiro atoms. The highest BCUT2D eigenvalue weighted by atomic mass is 16.5. The van der Waals surface area contributed by atoms with E-state index in [-0.39, 0.29) is 11.9 Å². The number of hydrogen-bond donors (Lipinski definition) is 2. The van der Waals surface area contributed by atoms with Crippen molar-refractivity contribution in [2.45, 2.75) is 25.8 Å². The van der Waals surface area contributed by atoms with Gasteiger partial charge in [-0.05, 0) is 18.6 Å². The number of ether oxygens (including phenoxy) is 2. The molecule has 5 nitrogen and oxygen atoms in total. The van der Waals surface area contributed by atoms with E-state index in [0.717, 1.165) is 12.8 Å². The number of carbonyl (C=O) groups is 1. The van der Waals surface area contributed by atoms with Crippen LogP contribution >= 0.6 is 0 Å². The maximum Gasteiger partial charge on any atom is 0.255 e. The zero-order chi connectivity index (χ0) is 14.3. The molecule has 1 rings (SSSR count). The largest absolute Gasteiger partial charge is 0.493 e. The van der Waals surface area contributed by atoms with Crippen LogP contribution in [-0.4, -0.2) is 32.7 Å². The fourth-order valence-corrected chi connectivity index (χ4v) is 1.86. The molecule has 0 fully saturated rings. The third kappa shape index (κ3) is 4.13. The standard InChI is InChI=1S/C14H22N2O3/c1-4-6-10(15)9-16-14(17)11-7-5-8-12(18-2)13(11)19-3/h5,7-8,10H,4,6,9,15H2,1-3H3,(H,16,17). The summed E-state index contributed by atoms with van der Waals surface area (Å²) in [6.45, 7) is 2.51. The van der Waals surface area contributed by atoms with Crippen LogP contribution < -0.4 is 20.5 Å². The number of rotatable bonds is 7. The summed E-state index contributed by atoms with van der Waals surface area (Å²) in [5.41, 5.74) is 6.32. The predicted octanol–water partition coefficient (Wildman–Crippen LogP) is 1.56. The lowest BCUT2D eigenvalue weighted by molar-refractivity contribution is 0.0947. The Morgan fingerprint density at radius 3 is 2.68 bits per heavy atom. The molecule has 3 N–H and O–H groups in total. The Kier molecular flexibility index (Phi) is 6.15. The third-order valence-corrected chi connectivity index (χ3v) is 2.83. The van der Waals surface area contributed by atoms with Crippen molar-refractivity contribution >= 4 is 5.91 Å². The molecule has 1 aromatic rings. The summed E-state index contributed by atoms with van der Waals surface area (Å²) < 4.78 is 10.4. The number of methoxy groups -OCH3 is 2. The molecule has 0 radical (unpaired) electrons. The van der Waals surface area contributed by atoms with Crippen molar-refractivity contribution in [1.29, 1.82) is 0 Å². The fraction of sp³-hybridized carbons (Fsp3) is 0.500. The lowest BCUT2D eigenvalue weighted by Gasteiger charge is -2.14. The summed E-state index contributed by atoms with van der Waals surface area (Å²) in [5.74, 6) is 0.766. The van der Waals surface area contributed by atoms with Crippen LogP contribution in [0, 0.1) is 0 Å². The van der Waals surface area contributed by atoms with Crippen molar-refractivity contribution in [3.63, 3.8) is 0 Å². The van der Waals surface area contributed by atoms with Crippen molar-refractivity contribution in [2.75, 3.05) is 20.8 Å². The van der Waals surface area contributed by atoms with Crippen LogP contribution in [0.25, 0.3) is 0 Å². The molecule has 106 valence electrons. The van der Waals surface area contributed by atoms with Gasteiger partial charge in [-0.15, -0.1) is 0 Å². The van der Waals surface area contributed by atoms with Crippen LogP contribution in [0.15, 0.2) is 18.2 Å². The first kappa shape index (κ1) is 15.3. The van der Waals surface area contributed by atoms with E-state index in [9.17, 15) is 4.79 Å². The highest BCUT2D eigenvalue weighted by Gasteiger charge is 2.16. The van der Waals surface area contributed by atoms with E-state index in [2.05, 4.69) is 12.2 Å². The van der Waals surface area contributed by atoms with Gasteiger partial charge in [0.05, 0.1) is 19.8 Å². The van der Waals surface area contributed by atoms with E-state index < -0.39 is 0 Å². The van der Waals surface area contributed by atoms with Gasteiger partial charge in [-0.25, -0.2) is 0 Å². The summed E-state index contributed by atoms with van der Waals surface area (Å²) in [6.07, 6.45) is 1.88. The molecule has 0 bridgehead atoms. The van der Waals surface area contributed by atoms with E-state index in [4.69, 9.17) is 15.2 Å². The van der Waals surface area contributed by atoms with Crippen LogP contribution in [0.3, 0.4) is 0 Å². The Bertz CT molecular complexity index is 421. The minimum Gasteiger partial charge on any atom is -0.493 e. The number of amides is 1. The topological polar surface area (TPSA) is 73.6 Å². The van der Waals surface area contributed by atoms with Gasteiger partial charge >= 0.3 is 0 Å². The minimum absolute atomic E-state index is 0.0226. The number of carbonyl (C=O) groups excluding carboxylic acids is 1. The molecule has 0 aliphatic carbocycles. The molecule has 1 unspecified atom stereocenters. The first-order valence-electron chi connectivity index (χ1n) is 6.38. The lowest BCUT2D eigenvalue weighted by Crippen LogP contribution is -2.37. The summed E-state index contributed by atoms with van der Waals surface area (Å²) >= 11 is 0. The Morgan fingerprint density at radius 2 is 2.11 bits per heavy atom. The molecule has 0 saturated carbocycles. The predicted molar refractivity (Wildman–Crippen MR) is 74.8 cm³/mol. The van der Waals surface area contributed by atoms with Crippen molar-refractivity contribution in [3.8, 4) is 11.5 Å². The zero-order valence-corrected chi connectivity index (χ0v) is 11.7. The molecular formula is C14H22N2O3. The van der Waals surface area contributed by atoms with Gasteiger partial charge in [0, 0.05) is 12.6 Å². The first-order chi connectivity index (χ1) is 9.13. The number of hydrogen-bond acceptors (Lipinski definition) is 4. The normalized spacial score (nSPS) is 11.8. The summed E-state index contributed by atoms with van der Waals surface area (Å²) in [7, 11) is 3.05. The van der Waals surface area contributed by atoms with Crippen LogP contribution in [-0.2, 0) is 0 Å². The summed E-state index contributed by atoms with van der Waals surface area (Å²) in [5, 5.41) is 2.81. The Labute approximate surface area is 114 Å². The van der Waals surface area contributed by atoms with Crippen molar-refractivity contribution < 1.29 is 14.3 Å². The maximum atomic E-state index is 12.1.